The van der Waals surface area contributed by atoms with Gasteiger partial charge >= 0.3 is 18.4 Å². The van der Waals surface area contributed by atoms with E-state index in [1.54, 1.807) is 32.9 Å². The molecule has 5 amide bonds. The van der Waals surface area contributed by atoms with E-state index in [1.165, 1.54) is 28.0 Å². The average Bonchev–Trinajstić information content (AvgIpc) is 3.44. The van der Waals surface area contributed by atoms with E-state index in [0.29, 0.717) is 36.0 Å². The summed E-state index contributed by atoms with van der Waals surface area (Å²) in [5.41, 5.74) is -1.19. The first kappa shape index (κ1) is 42.4. The fraction of sp³-hybridized carbons (Fsp3) is 0.537. The van der Waals surface area contributed by atoms with Crippen LogP contribution in [0.25, 0.3) is 0 Å². The first-order valence-corrected chi connectivity index (χ1v) is 19.5. The number of benzene rings is 2. The molecule has 0 radical (unpaired) electrons. The lowest BCUT2D eigenvalue weighted by Gasteiger charge is -2.30. The summed E-state index contributed by atoms with van der Waals surface area (Å²) in [6.07, 6.45) is -3.27. The second kappa shape index (κ2) is 17.0. The van der Waals surface area contributed by atoms with Crippen LogP contribution in [-0.2, 0) is 43.5 Å². The largest absolute Gasteiger partial charge is 0.444 e. The molecule has 314 valence electrons. The fourth-order valence-corrected chi connectivity index (χ4v) is 7.69. The number of hydrogen-bond donors (Lipinski definition) is 4. The van der Waals surface area contributed by atoms with Crippen molar-refractivity contribution in [1.82, 2.24) is 25.8 Å². The minimum atomic E-state index is -4.84. The molecule has 3 heterocycles. The highest BCUT2D eigenvalue weighted by Crippen LogP contribution is 2.46. The quantitative estimate of drug-likeness (QED) is 0.221. The molecule has 2 fully saturated rings. The van der Waals surface area contributed by atoms with Crippen molar-refractivity contribution in [2.24, 2.45) is 5.92 Å². The van der Waals surface area contributed by atoms with Gasteiger partial charge in [0.1, 0.15) is 35.1 Å². The van der Waals surface area contributed by atoms with Crippen molar-refractivity contribution in [2.75, 3.05) is 6.54 Å². The van der Waals surface area contributed by atoms with Crippen molar-refractivity contribution in [1.29, 1.82) is 0 Å². The van der Waals surface area contributed by atoms with Crippen LogP contribution in [-0.4, -0.2) is 86.9 Å². The number of aliphatic hydroxyl groups is 1. The number of allylic oxidation sites excluding steroid dienone is 1. The lowest BCUT2D eigenvalue weighted by Crippen LogP contribution is -2.57. The zero-order valence-electron chi connectivity index (χ0n) is 32.6. The number of fused-ring (bicyclic) bond motifs is 3. The van der Waals surface area contributed by atoms with Gasteiger partial charge in [-0.3, -0.25) is 19.3 Å². The normalized spacial score (nSPS) is 26.1. The summed E-state index contributed by atoms with van der Waals surface area (Å²) in [7, 11) is 0. The minimum Gasteiger partial charge on any atom is -0.444 e. The van der Waals surface area contributed by atoms with Crippen molar-refractivity contribution in [2.45, 2.75) is 127 Å². The lowest BCUT2D eigenvalue weighted by molar-refractivity contribution is -0.206. The molecule has 2 unspecified atom stereocenters. The maximum atomic E-state index is 14.5. The van der Waals surface area contributed by atoms with Crippen LogP contribution in [0.1, 0.15) is 94.1 Å². The molecule has 4 N–H and O–H groups in total. The fourth-order valence-electron chi connectivity index (χ4n) is 7.69. The number of carbonyl (C=O) groups excluding carboxylic acids is 5. The third-order valence-corrected chi connectivity index (χ3v) is 10.8. The van der Waals surface area contributed by atoms with E-state index < -0.39 is 83.3 Å². The summed E-state index contributed by atoms with van der Waals surface area (Å²) < 4.78 is 64.7. The Balaban J connectivity index is 1.22. The van der Waals surface area contributed by atoms with Gasteiger partial charge in [0, 0.05) is 31.0 Å². The number of nitrogens with zero attached hydrogens (tertiary/aromatic N) is 2. The monoisotopic (exact) mass is 815 g/mol. The summed E-state index contributed by atoms with van der Waals surface area (Å²) in [5, 5.41) is 17.9. The highest BCUT2D eigenvalue weighted by Gasteiger charge is 2.61. The van der Waals surface area contributed by atoms with Gasteiger partial charge < -0.3 is 35.4 Å². The van der Waals surface area contributed by atoms with E-state index in [4.69, 9.17) is 9.47 Å². The van der Waals surface area contributed by atoms with Gasteiger partial charge in [0.25, 0.3) is 0 Å². The number of hydrogen-bond acceptors (Lipinski definition) is 8. The predicted molar refractivity (Wildman–Crippen MR) is 200 cm³/mol. The van der Waals surface area contributed by atoms with Crippen molar-refractivity contribution < 1.29 is 56.1 Å². The molecule has 2 aromatic carbocycles. The lowest BCUT2D eigenvalue weighted by atomic mass is 10.0. The van der Waals surface area contributed by atoms with Crippen LogP contribution in [0.2, 0.25) is 0 Å². The molecule has 4 aliphatic rings. The molecule has 0 aromatic heterocycles. The Bertz CT molecular complexity index is 1920. The van der Waals surface area contributed by atoms with Crippen LogP contribution < -0.4 is 16.0 Å². The predicted octanol–water partition coefficient (Wildman–Crippen LogP) is 5.45. The number of alkyl carbamates (subject to hydrolysis) is 1. The SMILES string of the molecule is CC(C)(C)OC(=O)NC1CCCCC/C=C\[C@@H]2C[C@@]2(C(=O)NCc2ccc(C(O)C(F)(F)F)cc2)NC(=O)[C@@H]2C[C@@H](OC(=O)N3Cc4cccc(F)c4C3)CN2C1=O. The summed E-state index contributed by atoms with van der Waals surface area (Å²) in [6, 6.07) is 7.19. The highest BCUT2D eigenvalue weighted by atomic mass is 19.4. The molecule has 0 bridgehead atoms. The van der Waals surface area contributed by atoms with E-state index in [2.05, 4.69) is 16.0 Å². The number of halogens is 4. The molecule has 17 heteroatoms. The Kier molecular flexibility index (Phi) is 12.4. The molecule has 0 spiro atoms. The third-order valence-electron chi connectivity index (χ3n) is 10.8. The number of alkyl halides is 3. The number of rotatable bonds is 6. The van der Waals surface area contributed by atoms with E-state index in [9.17, 15) is 46.6 Å². The van der Waals surface area contributed by atoms with Gasteiger partial charge in [-0.2, -0.15) is 13.2 Å². The van der Waals surface area contributed by atoms with Crippen LogP contribution >= 0.6 is 0 Å². The van der Waals surface area contributed by atoms with Crippen molar-refractivity contribution in [3.63, 3.8) is 0 Å². The van der Waals surface area contributed by atoms with E-state index in [0.717, 1.165) is 18.6 Å². The van der Waals surface area contributed by atoms with Crippen molar-refractivity contribution in [3.05, 3.63) is 82.7 Å². The molecule has 1 aliphatic carbocycles. The highest BCUT2D eigenvalue weighted by molar-refractivity contribution is 5.98. The molecular formula is C41H49F4N5O8. The van der Waals surface area contributed by atoms with Crippen LogP contribution in [0.15, 0.2) is 54.6 Å². The Morgan fingerprint density at radius 2 is 1.78 bits per heavy atom. The second-order valence-corrected chi connectivity index (χ2v) is 16.4. The molecule has 3 aliphatic heterocycles. The maximum absolute atomic E-state index is 14.5. The number of amides is 5. The smallest absolute Gasteiger partial charge is 0.418 e. The summed E-state index contributed by atoms with van der Waals surface area (Å²) in [5.74, 6) is -2.70. The molecule has 6 atom stereocenters. The van der Waals surface area contributed by atoms with Gasteiger partial charge in [0.05, 0.1) is 13.1 Å². The van der Waals surface area contributed by atoms with Crippen molar-refractivity contribution >= 4 is 29.9 Å². The van der Waals surface area contributed by atoms with Gasteiger partial charge in [0.15, 0.2) is 6.10 Å². The van der Waals surface area contributed by atoms with Gasteiger partial charge in [-0.05, 0) is 69.2 Å². The van der Waals surface area contributed by atoms with E-state index in [-0.39, 0.29) is 51.0 Å². The van der Waals surface area contributed by atoms with E-state index >= 15 is 0 Å². The zero-order valence-corrected chi connectivity index (χ0v) is 32.6. The number of ether oxygens (including phenoxy) is 2. The topological polar surface area (TPSA) is 167 Å². The molecule has 1 saturated heterocycles. The Morgan fingerprint density at radius 3 is 2.47 bits per heavy atom. The molecule has 13 nitrogen and oxygen atoms in total. The molecule has 1 saturated carbocycles. The third kappa shape index (κ3) is 9.91. The van der Waals surface area contributed by atoms with Gasteiger partial charge in [-0.1, -0.05) is 61.4 Å². The zero-order chi connectivity index (χ0) is 42.0. The molecule has 6 rings (SSSR count). The minimum absolute atomic E-state index is 0.0196. The standard InChI is InChI=1S/C41H49F4N5O8/c1-39(2,3)58-37(55)47-31-13-8-6-4-5-7-11-27-19-40(27,36(54)46-20-24-14-16-25(17-15-24)33(51)41(43,44)45)48-34(52)32-18-28(22-50(32)35(31)53)57-38(56)49-21-26-10-9-12-30(42)29(26)23-49/h7,9-12,14-17,27-28,31-33,51H,4-6,8,13,18-23H2,1-3H3,(H,46,54)(H,47,55)(H,48,52)/b11-7-/t27-,28-,31?,32+,33?,40-/m1/s1. The second-order valence-electron chi connectivity index (χ2n) is 16.4. The van der Waals surface area contributed by atoms with Gasteiger partial charge in [-0.25, -0.2) is 14.0 Å². The van der Waals surface area contributed by atoms with Gasteiger partial charge in [-0.15, -0.1) is 0 Å². The Morgan fingerprint density at radius 1 is 1.03 bits per heavy atom. The van der Waals surface area contributed by atoms with Crippen LogP contribution in [0.3, 0.4) is 0 Å². The number of carbonyl (C=O) groups is 5. The summed E-state index contributed by atoms with van der Waals surface area (Å²) in [4.78, 5) is 71.6. The number of aliphatic hydroxyl groups excluding tert-OH is 1. The van der Waals surface area contributed by atoms with Crippen LogP contribution in [0, 0.1) is 11.7 Å². The average molecular weight is 816 g/mol. The van der Waals surface area contributed by atoms with Crippen LogP contribution in [0.4, 0.5) is 27.2 Å². The molecule has 2 aromatic rings. The van der Waals surface area contributed by atoms with Crippen LogP contribution in [0.5, 0.6) is 0 Å². The first-order chi connectivity index (χ1) is 27.3. The van der Waals surface area contributed by atoms with E-state index in [1.807, 2.05) is 12.2 Å². The maximum Gasteiger partial charge on any atom is 0.418 e. The Labute approximate surface area is 333 Å². The van der Waals surface area contributed by atoms with Gasteiger partial charge in [0.2, 0.25) is 17.7 Å². The molecule has 58 heavy (non-hydrogen) atoms. The summed E-state index contributed by atoms with van der Waals surface area (Å²) in [6.45, 7) is 4.84. The number of nitrogens with one attached hydrogen (secondary N) is 3. The summed E-state index contributed by atoms with van der Waals surface area (Å²) >= 11 is 0. The Hall–Kier alpha value is -5.19. The first-order valence-electron chi connectivity index (χ1n) is 19.5. The molecular weight excluding hydrogens is 766 g/mol. The van der Waals surface area contributed by atoms with Crippen molar-refractivity contribution in [3.8, 4) is 0 Å².